The van der Waals surface area contributed by atoms with Crippen molar-refractivity contribution in [1.82, 2.24) is 9.97 Å². The van der Waals surface area contributed by atoms with E-state index in [2.05, 4.69) is 15.3 Å². The number of pyridine rings is 1. The summed E-state index contributed by atoms with van der Waals surface area (Å²) in [7, 11) is 0. The third kappa shape index (κ3) is 3.88. The number of H-pyrrole nitrogens is 1. The topological polar surface area (TPSA) is 91.9 Å². The molecule has 1 amide bonds. The first-order chi connectivity index (χ1) is 13.7. The number of aromatic amines is 1. The predicted octanol–water partition coefficient (Wildman–Crippen LogP) is 4.04. The summed E-state index contributed by atoms with van der Waals surface area (Å²) >= 11 is 1.16. The molecule has 4 rings (SSSR count). The fraction of sp³-hybridized carbons (Fsp3) is 0.238. The zero-order valence-electron chi connectivity index (χ0n) is 15.8. The number of carbonyl (C=O) groups excluding carboxylic acids is 2. The molecule has 0 spiro atoms. The first kappa shape index (κ1) is 19.2. The van der Waals surface area contributed by atoms with Crippen molar-refractivity contribution in [2.75, 3.05) is 5.32 Å². The number of aromatic nitrogens is 2. The number of benzene rings is 1. The molecule has 0 bridgehead atoms. The molecule has 1 aromatic carbocycles. The number of ketones is 1. The largest absolute Gasteiger partial charge is 0.325 e. The lowest BCUT2D eigenvalue weighted by Crippen LogP contribution is -2.32. The van der Waals surface area contributed by atoms with Crippen LogP contribution < -0.4 is 10.9 Å². The Balaban J connectivity index is 1.59. The number of carbonyl (C=O) groups is 2. The Kier molecular flexibility index (Phi) is 4.66. The zero-order chi connectivity index (χ0) is 20.8. The maximum absolute atomic E-state index is 13.4. The number of Topliss-reactive ketones (excluding diaryl/α,β-unsaturated/α-hetero) is 1. The zero-order valence-corrected chi connectivity index (χ0v) is 16.7. The van der Waals surface area contributed by atoms with Crippen molar-refractivity contribution in [1.29, 1.82) is 0 Å². The van der Waals surface area contributed by atoms with Crippen LogP contribution in [0.5, 0.6) is 0 Å². The van der Waals surface area contributed by atoms with E-state index in [0.717, 1.165) is 11.3 Å². The average Bonchev–Trinajstić information content (AvgIpc) is 3.08. The SMILES string of the molecule is CC1(C)CC(=O)c2cc(C(=O)Nc3nc(-c4cccc(F)c4)cs3)c(=O)[nH]c2C1. The van der Waals surface area contributed by atoms with Gasteiger partial charge in [0.05, 0.1) is 5.69 Å². The van der Waals surface area contributed by atoms with Crippen molar-refractivity contribution in [3.8, 4) is 11.3 Å². The van der Waals surface area contributed by atoms with Gasteiger partial charge in [0.2, 0.25) is 0 Å². The van der Waals surface area contributed by atoms with Crippen LogP contribution >= 0.6 is 11.3 Å². The fourth-order valence-corrected chi connectivity index (χ4v) is 4.19. The molecule has 2 N–H and O–H groups in total. The van der Waals surface area contributed by atoms with Gasteiger partial charge in [-0.05, 0) is 30.0 Å². The minimum Gasteiger partial charge on any atom is -0.325 e. The molecule has 29 heavy (non-hydrogen) atoms. The Morgan fingerprint density at radius 3 is 2.79 bits per heavy atom. The molecule has 0 radical (unpaired) electrons. The highest BCUT2D eigenvalue weighted by atomic mass is 32.1. The molecule has 148 valence electrons. The second-order valence-corrected chi connectivity index (χ2v) is 8.71. The number of anilines is 1. The summed E-state index contributed by atoms with van der Waals surface area (Å²) in [5.41, 5.74) is 1.13. The average molecular weight is 411 g/mol. The van der Waals surface area contributed by atoms with Gasteiger partial charge in [-0.25, -0.2) is 9.37 Å². The minimum atomic E-state index is -0.646. The molecular weight excluding hydrogens is 393 g/mol. The van der Waals surface area contributed by atoms with Crippen LogP contribution in [0.15, 0.2) is 40.5 Å². The maximum Gasteiger partial charge on any atom is 0.263 e. The fourth-order valence-electron chi connectivity index (χ4n) is 3.47. The molecule has 2 aromatic heterocycles. The molecule has 0 unspecified atom stereocenters. The van der Waals surface area contributed by atoms with Crippen molar-refractivity contribution < 1.29 is 14.0 Å². The first-order valence-corrected chi connectivity index (χ1v) is 9.92. The van der Waals surface area contributed by atoms with Gasteiger partial charge >= 0.3 is 0 Å². The number of amides is 1. The third-order valence-corrected chi connectivity index (χ3v) is 5.57. The van der Waals surface area contributed by atoms with Crippen LogP contribution in [0.4, 0.5) is 9.52 Å². The molecule has 1 aliphatic carbocycles. The van der Waals surface area contributed by atoms with E-state index in [4.69, 9.17) is 0 Å². The first-order valence-electron chi connectivity index (χ1n) is 9.04. The smallest absolute Gasteiger partial charge is 0.263 e. The van der Waals surface area contributed by atoms with E-state index in [9.17, 15) is 18.8 Å². The van der Waals surface area contributed by atoms with Gasteiger partial charge in [0, 0.05) is 28.6 Å². The second kappa shape index (κ2) is 7.04. The molecule has 3 aromatic rings. The molecule has 0 saturated carbocycles. The third-order valence-electron chi connectivity index (χ3n) is 4.81. The molecule has 2 heterocycles. The summed E-state index contributed by atoms with van der Waals surface area (Å²) in [6.07, 6.45) is 0.922. The molecule has 0 fully saturated rings. The summed E-state index contributed by atoms with van der Waals surface area (Å²) in [5.74, 6) is -1.12. The number of rotatable bonds is 3. The van der Waals surface area contributed by atoms with Crippen LogP contribution in [0.25, 0.3) is 11.3 Å². The molecule has 8 heteroatoms. The lowest BCUT2D eigenvalue weighted by Gasteiger charge is -2.29. The van der Waals surface area contributed by atoms with Crippen molar-refractivity contribution in [2.24, 2.45) is 5.41 Å². The van der Waals surface area contributed by atoms with Crippen molar-refractivity contribution in [2.45, 2.75) is 26.7 Å². The molecule has 0 saturated heterocycles. The molecule has 6 nitrogen and oxygen atoms in total. The van der Waals surface area contributed by atoms with Gasteiger partial charge in [-0.1, -0.05) is 26.0 Å². The molecule has 0 aliphatic heterocycles. The van der Waals surface area contributed by atoms with E-state index in [1.165, 1.54) is 18.2 Å². The number of hydrogen-bond acceptors (Lipinski definition) is 5. The summed E-state index contributed by atoms with van der Waals surface area (Å²) in [5, 5.41) is 4.55. The number of halogens is 1. The van der Waals surface area contributed by atoms with E-state index in [0.29, 0.717) is 35.4 Å². The molecular formula is C21H18FN3O3S. The number of fused-ring (bicyclic) bond motifs is 1. The number of hydrogen-bond donors (Lipinski definition) is 2. The summed E-state index contributed by atoms with van der Waals surface area (Å²) in [6.45, 7) is 3.93. The van der Waals surface area contributed by atoms with Gasteiger partial charge in [0.15, 0.2) is 10.9 Å². The Morgan fingerprint density at radius 2 is 2.03 bits per heavy atom. The van der Waals surface area contributed by atoms with Gasteiger partial charge in [0.1, 0.15) is 11.4 Å². The predicted molar refractivity (Wildman–Crippen MR) is 109 cm³/mol. The lowest BCUT2D eigenvalue weighted by molar-refractivity contribution is 0.0910. The second-order valence-electron chi connectivity index (χ2n) is 7.85. The maximum atomic E-state index is 13.4. The molecule has 0 atom stereocenters. The highest BCUT2D eigenvalue weighted by Gasteiger charge is 2.32. The van der Waals surface area contributed by atoms with E-state index in [1.807, 2.05) is 13.8 Å². The quantitative estimate of drug-likeness (QED) is 0.680. The van der Waals surface area contributed by atoms with E-state index < -0.39 is 11.5 Å². The standard InChI is InChI=1S/C21H18FN3O3S/c1-21(2)8-15-13(17(26)9-21)7-14(18(27)23-15)19(28)25-20-24-16(10-29-20)11-4-3-5-12(22)6-11/h3-7,10H,8-9H2,1-2H3,(H,23,27)(H,24,25,28). The monoisotopic (exact) mass is 411 g/mol. The van der Waals surface area contributed by atoms with Gasteiger partial charge < -0.3 is 4.98 Å². The van der Waals surface area contributed by atoms with Crippen LogP contribution in [-0.2, 0) is 6.42 Å². The van der Waals surface area contributed by atoms with E-state index >= 15 is 0 Å². The van der Waals surface area contributed by atoms with Gasteiger partial charge in [-0.3, -0.25) is 19.7 Å². The Morgan fingerprint density at radius 1 is 1.24 bits per heavy atom. The normalized spacial score (nSPS) is 15.1. The highest BCUT2D eigenvalue weighted by Crippen LogP contribution is 2.33. The lowest BCUT2D eigenvalue weighted by atomic mass is 9.75. The van der Waals surface area contributed by atoms with Crippen LogP contribution in [0.1, 0.15) is 46.7 Å². The van der Waals surface area contributed by atoms with Crippen molar-refractivity contribution >= 4 is 28.2 Å². The van der Waals surface area contributed by atoms with Crippen LogP contribution in [0.3, 0.4) is 0 Å². The van der Waals surface area contributed by atoms with Crippen molar-refractivity contribution in [3.63, 3.8) is 0 Å². The Bertz CT molecular complexity index is 1200. The Labute approximate surface area is 169 Å². The number of nitrogens with one attached hydrogen (secondary N) is 2. The van der Waals surface area contributed by atoms with Gasteiger partial charge in [-0.15, -0.1) is 11.3 Å². The summed E-state index contributed by atoms with van der Waals surface area (Å²) < 4.78 is 13.4. The number of nitrogens with zero attached hydrogens (tertiary/aromatic N) is 1. The van der Waals surface area contributed by atoms with Crippen LogP contribution in [0, 0.1) is 11.2 Å². The van der Waals surface area contributed by atoms with Crippen molar-refractivity contribution in [3.05, 3.63) is 68.7 Å². The van der Waals surface area contributed by atoms with Crippen LogP contribution in [0.2, 0.25) is 0 Å². The Hall–Kier alpha value is -3.13. The minimum absolute atomic E-state index is 0.0933. The summed E-state index contributed by atoms with van der Waals surface area (Å²) in [4.78, 5) is 44.4. The van der Waals surface area contributed by atoms with Gasteiger partial charge in [-0.2, -0.15) is 0 Å². The van der Waals surface area contributed by atoms with Crippen LogP contribution in [-0.4, -0.2) is 21.7 Å². The highest BCUT2D eigenvalue weighted by molar-refractivity contribution is 7.14. The summed E-state index contributed by atoms with van der Waals surface area (Å²) in [6, 6.07) is 7.34. The molecule has 1 aliphatic rings. The number of thiazole rings is 1. The van der Waals surface area contributed by atoms with Gasteiger partial charge in [0.25, 0.3) is 11.5 Å². The van der Waals surface area contributed by atoms with E-state index in [1.54, 1.807) is 17.5 Å². The van der Waals surface area contributed by atoms with E-state index in [-0.39, 0.29) is 27.7 Å².